The van der Waals surface area contributed by atoms with E-state index >= 15 is 0 Å². The van der Waals surface area contributed by atoms with Crippen molar-refractivity contribution in [2.45, 2.75) is 78.6 Å². The molecule has 0 aliphatic carbocycles. The Balaban J connectivity index is 0.00000433. The molecule has 0 unspecified atom stereocenters. The van der Waals surface area contributed by atoms with E-state index in [1.807, 2.05) is 24.4 Å². The van der Waals surface area contributed by atoms with E-state index in [0.29, 0.717) is 11.4 Å². The Morgan fingerprint density at radius 1 is 0.617 bits per heavy atom. The monoisotopic (exact) mass is 801 g/mol. The van der Waals surface area contributed by atoms with Crippen molar-refractivity contribution < 1.29 is 26.2 Å². The Labute approximate surface area is 294 Å². The molecule has 1 N–H and O–H groups in total. The number of para-hydroxylation sites is 2. The van der Waals surface area contributed by atoms with E-state index in [-0.39, 0.29) is 43.1 Å². The molecule has 244 valence electrons. The summed E-state index contributed by atoms with van der Waals surface area (Å²) in [6.45, 7) is 20.2. The number of phenols is 1. The second-order valence-electron chi connectivity index (χ2n) is 15.4. The quantitative estimate of drug-likeness (QED) is 0.181. The van der Waals surface area contributed by atoms with E-state index in [0.717, 1.165) is 39.1 Å². The van der Waals surface area contributed by atoms with Crippen LogP contribution in [0.2, 0.25) is 0 Å². The summed E-state index contributed by atoms with van der Waals surface area (Å²) >= 11 is 0. The molecule has 2 heterocycles. The molecule has 5 heteroatoms. The molecule has 0 bridgehead atoms. The standard InChI is InChI=1S/C42H44N3O.Pt/c1-40(2,3)29-20-21-43-35(26-29)28-15-12-14-27(22-28)33-17-13-18-36-38(33)44-39(34-16-10-11-19-37(34)46)45(36)32-24-30(41(4,5)6)23-31(25-32)42(7,8)9;/h10-21,23-26,46H,1-9H3;/q-1;. The predicted octanol–water partition coefficient (Wildman–Crippen LogP) is 10.8. The molecule has 0 saturated heterocycles. The summed E-state index contributed by atoms with van der Waals surface area (Å²) in [5.74, 6) is 0.893. The molecule has 0 atom stereocenters. The summed E-state index contributed by atoms with van der Waals surface area (Å²) in [4.78, 5) is 10.0. The summed E-state index contributed by atoms with van der Waals surface area (Å²) in [6, 6.07) is 34.8. The fourth-order valence-electron chi connectivity index (χ4n) is 5.85. The first-order valence-corrected chi connectivity index (χ1v) is 16.1. The third-order valence-corrected chi connectivity index (χ3v) is 8.73. The smallest absolute Gasteiger partial charge is 0.148 e. The van der Waals surface area contributed by atoms with Crippen molar-refractivity contribution in [2.75, 3.05) is 0 Å². The molecule has 47 heavy (non-hydrogen) atoms. The molecule has 0 amide bonds. The van der Waals surface area contributed by atoms with Gasteiger partial charge in [0.1, 0.15) is 11.6 Å². The maximum atomic E-state index is 11.1. The molecule has 2 aromatic heterocycles. The number of phenolic OH excluding ortho intramolecular Hbond substituents is 1. The molecule has 0 aliphatic heterocycles. The third-order valence-electron chi connectivity index (χ3n) is 8.73. The summed E-state index contributed by atoms with van der Waals surface area (Å²) in [6.07, 6.45) is 1.88. The van der Waals surface area contributed by atoms with Gasteiger partial charge in [-0.05, 0) is 69.3 Å². The van der Waals surface area contributed by atoms with Crippen molar-refractivity contribution in [1.29, 1.82) is 0 Å². The van der Waals surface area contributed by atoms with Gasteiger partial charge in [-0.2, -0.15) is 0 Å². The average Bonchev–Trinajstić information content (AvgIpc) is 3.39. The molecule has 4 aromatic carbocycles. The first-order chi connectivity index (χ1) is 21.6. The van der Waals surface area contributed by atoms with Crippen molar-refractivity contribution in [3.05, 3.63) is 120 Å². The van der Waals surface area contributed by atoms with E-state index < -0.39 is 0 Å². The molecule has 0 radical (unpaired) electrons. The van der Waals surface area contributed by atoms with Crippen molar-refractivity contribution >= 4 is 11.0 Å². The van der Waals surface area contributed by atoms with Gasteiger partial charge in [-0.3, -0.25) is 9.55 Å². The molecule has 0 aliphatic rings. The van der Waals surface area contributed by atoms with Crippen LogP contribution in [0, 0.1) is 6.07 Å². The van der Waals surface area contributed by atoms with E-state index in [4.69, 9.17) is 9.97 Å². The Kier molecular flexibility index (Phi) is 9.16. The first-order valence-electron chi connectivity index (χ1n) is 16.1. The van der Waals surface area contributed by atoms with Crippen molar-refractivity contribution in [1.82, 2.24) is 14.5 Å². The zero-order chi connectivity index (χ0) is 33.0. The van der Waals surface area contributed by atoms with E-state index in [2.05, 4.69) is 140 Å². The van der Waals surface area contributed by atoms with E-state index in [1.165, 1.54) is 16.7 Å². The number of nitrogens with zero attached hydrogens (tertiary/aromatic N) is 3. The van der Waals surface area contributed by atoms with Gasteiger partial charge in [0.2, 0.25) is 0 Å². The van der Waals surface area contributed by atoms with Crippen LogP contribution in [0.4, 0.5) is 0 Å². The molecule has 6 aromatic rings. The molecule has 4 nitrogen and oxygen atoms in total. The molecular formula is C42H44N3OPt-. The van der Waals surface area contributed by atoms with Gasteiger partial charge in [0, 0.05) is 38.6 Å². The van der Waals surface area contributed by atoms with E-state index in [9.17, 15) is 5.11 Å². The van der Waals surface area contributed by atoms with Crippen LogP contribution in [0.25, 0.3) is 50.5 Å². The van der Waals surface area contributed by atoms with Crippen molar-refractivity contribution in [3.8, 4) is 45.2 Å². The molecular weight excluding hydrogens is 758 g/mol. The van der Waals surface area contributed by atoms with E-state index in [1.54, 1.807) is 6.07 Å². The van der Waals surface area contributed by atoms with Gasteiger partial charge in [-0.25, -0.2) is 4.98 Å². The summed E-state index contributed by atoms with van der Waals surface area (Å²) in [5, 5.41) is 11.1. The average molecular weight is 802 g/mol. The SMILES string of the molecule is CC(C)(C)c1cc(-n2c(-c3ccccc3O)nc3c(-c4[c-]c(-c5cc(C(C)(C)C)ccn5)ccc4)cccc32)cc(C(C)(C)C)c1.[Pt]. The minimum absolute atomic E-state index is 0. The largest absolute Gasteiger partial charge is 0.507 e. The number of rotatable bonds is 4. The van der Waals surface area contributed by atoms with Crippen LogP contribution in [0.15, 0.2) is 97.2 Å². The number of benzene rings is 4. The Morgan fingerprint density at radius 3 is 1.85 bits per heavy atom. The van der Waals surface area contributed by atoms with Crippen LogP contribution >= 0.6 is 0 Å². The van der Waals surface area contributed by atoms with Gasteiger partial charge < -0.3 is 5.11 Å². The second kappa shape index (κ2) is 12.5. The van der Waals surface area contributed by atoms with Crippen LogP contribution in [0.3, 0.4) is 0 Å². The van der Waals surface area contributed by atoms with Crippen LogP contribution in [0.1, 0.15) is 79.0 Å². The Hall–Kier alpha value is -4.01. The fourth-order valence-corrected chi connectivity index (χ4v) is 5.85. The third kappa shape index (κ3) is 6.85. The number of aromatic nitrogens is 3. The maximum Gasteiger partial charge on any atom is 0.148 e. The van der Waals surface area contributed by atoms with Crippen LogP contribution in [-0.2, 0) is 37.3 Å². The minimum atomic E-state index is -0.0552. The van der Waals surface area contributed by atoms with Gasteiger partial charge in [0.15, 0.2) is 0 Å². The van der Waals surface area contributed by atoms with Gasteiger partial charge >= 0.3 is 0 Å². The Bertz CT molecular complexity index is 2040. The number of aromatic hydroxyl groups is 1. The zero-order valence-electron chi connectivity index (χ0n) is 28.8. The number of pyridine rings is 1. The number of imidazole rings is 1. The van der Waals surface area contributed by atoms with Crippen molar-refractivity contribution in [3.63, 3.8) is 0 Å². The maximum absolute atomic E-state index is 11.1. The summed E-state index contributed by atoms with van der Waals surface area (Å²) in [5.41, 5.74) is 10.9. The number of fused-ring (bicyclic) bond motifs is 1. The first kappa shape index (κ1) is 34.3. The molecule has 0 fully saturated rings. The molecule has 6 rings (SSSR count). The fraction of sp³-hybridized carbons (Fsp3) is 0.286. The Morgan fingerprint density at radius 2 is 1.21 bits per heavy atom. The van der Waals surface area contributed by atoms with Gasteiger partial charge in [0.25, 0.3) is 0 Å². The zero-order valence-corrected chi connectivity index (χ0v) is 31.1. The summed E-state index contributed by atoms with van der Waals surface area (Å²) in [7, 11) is 0. The second-order valence-corrected chi connectivity index (χ2v) is 15.4. The van der Waals surface area contributed by atoms with Crippen LogP contribution < -0.4 is 0 Å². The van der Waals surface area contributed by atoms with Gasteiger partial charge in [-0.1, -0.05) is 110 Å². The predicted molar refractivity (Wildman–Crippen MR) is 192 cm³/mol. The molecule has 0 saturated carbocycles. The summed E-state index contributed by atoms with van der Waals surface area (Å²) < 4.78 is 2.20. The van der Waals surface area contributed by atoms with Crippen LogP contribution in [0.5, 0.6) is 5.75 Å². The van der Waals surface area contributed by atoms with Gasteiger partial charge in [-0.15, -0.1) is 29.8 Å². The van der Waals surface area contributed by atoms with Crippen LogP contribution in [-0.4, -0.2) is 19.6 Å². The molecule has 0 spiro atoms. The normalized spacial score (nSPS) is 12.3. The van der Waals surface area contributed by atoms with Crippen molar-refractivity contribution in [2.24, 2.45) is 0 Å². The van der Waals surface area contributed by atoms with Gasteiger partial charge in [0.05, 0.1) is 16.6 Å². The minimum Gasteiger partial charge on any atom is -0.507 e. The topological polar surface area (TPSA) is 50.9 Å². The number of hydrogen-bond donors (Lipinski definition) is 1. The number of hydrogen-bond acceptors (Lipinski definition) is 3.